The fourth-order valence-corrected chi connectivity index (χ4v) is 1.10. The molecule has 0 aliphatic carbocycles. The van der Waals surface area contributed by atoms with Gasteiger partial charge in [-0.2, -0.15) is 0 Å². The molecular weight excluding hydrogens is 186 g/mol. The molecule has 0 saturated carbocycles. The van der Waals surface area contributed by atoms with Gasteiger partial charge < -0.3 is 14.2 Å². The summed E-state index contributed by atoms with van der Waals surface area (Å²) in [5.74, 6) is -0.725. The topological polar surface area (TPSA) is 81.1 Å². The van der Waals surface area contributed by atoms with Crippen LogP contribution in [0.1, 0.15) is 16.1 Å². The molecule has 0 amide bonds. The molecule has 0 unspecified atom stereocenters. The molecule has 6 nitrogen and oxygen atoms in total. The second-order valence-corrected chi connectivity index (χ2v) is 2.70. The van der Waals surface area contributed by atoms with Gasteiger partial charge in [0.2, 0.25) is 0 Å². The van der Waals surface area contributed by atoms with Gasteiger partial charge in [0.1, 0.15) is 5.56 Å². The molecule has 0 saturated heterocycles. The fourth-order valence-electron chi connectivity index (χ4n) is 1.10. The highest BCUT2D eigenvalue weighted by Crippen LogP contribution is 2.09. The van der Waals surface area contributed by atoms with Crippen LogP contribution in [0.25, 0.3) is 0 Å². The maximum atomic E-state index is 10.7. The fraction of sp³-hybridized carbons (Fsp3) is 0.125. The number of nitrogens with zero attached hydrogens (tertiary/aromatic N) is 3. The predicted molar refractivity (Wildman–Crippen MR) is 44.8 cm³/mol. The van der Waals surface area contributed by atoms with Crippen molar-refractivity contribution < 1.29 is 14.4 Å². The SMILES string of the molecule is O=C(O)c1cnoc1Cn1ccnc1. The van der Waals surface area contributed by atoms with Crippen LogP contribution in [0.15, 0.2) is 29.4 Å². The van der Waals surface area contributed by atoms with Crippen molar-refractivity contribution in [3.63, 3.8) is 0 Å². The molecule has 0 fully saturated rings. The third-order valence-corrected chi connectivity index (χ3v) is 1.76. The van der Waals surface area contributed by atoms with Crippen molar-refractivity contribution in [2.75, 3.05) is 0 Å². The summed E-state index contributed by atoms with van der Waals surface area (Å²) in [5, 5.41) is 12.2. The van der Waals surface area contributed by atoms with E-state index in [0.717, 1.165) is 0 Å². The number of imidazole rings is 1. The van der Waals surface area contributed by atoms with Crippen molar-refractivity contribution in [3.8, 4) is 0 Å². The van der Waals surface area contributed by atoms with Crippen molar-refractivity contribution >= 4 is 5.97 Å². The highest BCUT2D eigenvalue weighted by molar-refractivity contribution is 5.88. The first-order valence-electron chi connectivity index (χ1n) is 3.90. The molecule has 0 bridgehead atoms. The van der Waals surface area contributed by atoms with E-state index in [1.165, 1.54) is 6.20 Å². The Labute approximate surface area is 78.8 Å². The van der Waals surface area contributed by atoms with E-state index >= 15 is 0 Å². The van der Waals surface area contributed by atoms with Gasteiger partial charge in [-0.1, -0.05) is 5.16 Å². The average Bonchev–Trinajstić information content (AvgIpc) is 2.75. The van der Waals surface area contributed by atoms with Crippen LogP contribution in [-0.4, -0.2) is 25.8 Å². The van der Waals surface area contributed by atoms with Gasteiger partial charge in [0, 0.05) is 12.4 Å². The molecule has 2 rings (SSSR count). The first-order valence-corrected chi connectivity index (χ1v) is 3.90. The van der Waals surface area contributed by atoms with Gasteiger partial charge in [-0.15, -0.1) is 0 Å². The molecule has 2 heterocycles. The van der Waals surface area contributed by atoms with Gasteiger partial charge in [-0.25, -0.2) is 9.78 Å². The van der Waals surface area contributed by atoms with Gasteiger partial charge in [0.05, 0.1) is 19.1 Å². The maximum Gasteiger partial charge on any atom is 0.341 e. The van der Waals surface area contributed by atoms with Crippen LogP contribution in [-0.2, 0) is 6.54 Å². The minimum Gasteiger partial charge on any atom is -0.478 e. The molecule has 72 valence electrons. The van der Waals surface area contributed by atoms with E-state index in [0.29, 0.717) is 12.3 Å². The lowest BCUT2D eigenvalue weighted by molar-refractivity contribution is 0.0694. The quantitative estimate of drug-likeness (QED) is 0.772. The Bertz CT molecular complexity index is 432. The van der Waals surface area contributed by atoms with E-state index in [2.05, 4.69) is 10.1 Å². The molecular formula is C8H7N3O3. The minimum atomic E-state index is -1.04. The highest BCUT2D eigenvalue weighted by Gasteiger charge is 2.14. The van der Waals surface area contributed by atoms with Gasteiger partial charge in [-0.3, -0.25) is 0 Å². The monoisotopic (exact) mass is 193 g/mol. The van der Waals surface area contributed by atoms with E-state index < -0.39 is 5.97 Å². The summed E-state index contributed by atoms with van der Waals surface area (Å²) >= 11 is 0. The van der Waals surface area contributed by atoms with E-state index in [4.69, 9.17) is 9.63 Å². The molecule has 14 heavy (non-hydrogen) atoms. The van der Waals surface area contributed by atoms with Crippen LogP contribution < -0.4 is 0 Å². The smallest absolute Gasteiger partial charge is 0.341 e. The van der Waals surface area contributed by atoms with Crippen molar-refractivity contribution in [2.45, 2.75) is 6.54 Å². The lowest BCUT2D eigenvalue weighted by Gasteiger charge is -1.97. The molecule has 0 radical (unpaired) electrons. The average molecular weight is 193 g/mol. The molecule has 0 aliphatic rings. The summed E-state index contributed by atoms with van der Waals surface area (Å²) in [5.41, 5.74) is 0.0821. The number of carboxylic acids is 1. The van der Waals surface area contributed by atoms with Crippen molar-refractivity contribution in [2.24, 2.45) is 0 Å². The molecule has 0 atom stereocenters. The van der Waals surface area contributed by atoms with E-state index in [1.54, 1.807) is 23.3 Å². The molecule has 0 aliphatic heterocycles. The van der Waals surface area contributed by atoms with Crippen LogP contribution in [0.4, 0.5) is 0 Å². The first-order chi connectivity index (χ1) is 6.77. The first kappa shape index (κ1) is 8.49. The minimum absolute atomic E-state index is 0.0821. The summed E-state index contributed by atoms with van der Waals surface area (Å²) in [4.78, 5) is 14.5. The second kappa shape index (κ2) is 3.33. The number of aromatic nitrogens is 3. The van der Waals surface area contributed by atoms with Gasteiger partial charge in [0.25, 0.3) is 0 Å². The number of carboxylic acid groups (broad SMARTS) is 1. The van der Waals surface area contributed by atoms with E-state index in [9.17, 15) is 4.79 Å². The highest BCUT2D eigenvalue weighted by atomic mass is 16.5. The standard InChI is InChI=1S/C8H7N3O3/c12-8(13)6-3-10-14-7(6)4-11-2-1-9-5-11/h1-3,5H,4H2,(H,12,13). The number of hydrogen-bond acceptors (Lipinski definition) is 4. The Balaban J connectivity index is 2.25. The van der Waals surface area contributed by atoms with Crippen LogP contribution in [0.3, 0.4) is 0 Å². The Kier molecular flexibility index (Phi) is 2.02. The molecule has 0 spiro atoms. The summed E-state index contributed by atoms with van der Waals surface area (Å²) < 4.78 is 6.52. The lowest BCUT2D eigenvalue weighted by atomic mass is 10.2. The Morgan fingerprint density at radius 1 is 1.64 bits per heavy atom. The number of rotatable bonds is 3. The van der Waals surface area contributed by atoms with Crippen LogP contribution in [0, 0.1) is 0 Å². The summed E-state index contributed by atoms with van der Waals surface area (Å²) in [6.45, 7) is 0.321. The van der Waals surface area contributed by atoms with Gasteiger partial charge >= 0.3 is 5.97 Å². The Morgan fingerprint density at radius 2 is 2.50 bits per heavy atom. The third-order valence-electron chi connectivity index (χ3n) is 1.76. The van der Waals surface area contributed by atoms with E-state index in [-0.39, 0.29) is 5.56 Å². The van der Waals surface area contributed by atoms with Crippen molar-refractivity contribution in [3.05, 3.63) is 36.2 Å². The summed E-state index contributed by atoms with van der Waals surface area (Å²) in [6, 6.07) is 0. The van der Waals surface area contributed by atoms with Crippen LogP contribution >= 0.6 is 0 Å². The molecule has 0 aromatic carbocycles. The third kappa shape index (κ3) is 1.49. The zero-order chi connectivity index (χ0) is 9.97. The van der Waals surface area contributed by atoms with Crippen LogP contribution in [0.2, 0.25) is 0 Å². The summed E-state index contributed by atoms with van der Waals surface area (Å²) in [7, 11) is 0. The van der Waals surface area contributed by atoms with Gasteiger partial charge in [-0.05, 0) is 0 Å². The van der Waals surface area contributed by atoms with Gasteiger partial charge in [0.15, 0.2) is 5.76 Å². The lowest BCUT2D eigenvalue weighted by Crippen LogP contribution is -2.02. The van der Waals surface area contributed by atoms with Crippen molar-refractivity contribution in [1.82, 2.24) is 14.7 Å². The Morgan fingerprint density at radius 3 is 3.14 bits per heavy atom. The van der Waals surface area contributed by atoms with E-state index in [1.807, 2.05) is 0 Å². The molecule has 1 N–H and O–H groups in total. The van der Waals surface area contributed by atoms with Crippen LogP contribution in [0.5, 0.6) is 0 Å². The molecule has 6 heteroatoms. The zero-order valence-electron chi connectivity index (χ0n) is 7.12. The second-order valence-electron chi connectivity index (χ2n) is 2.70. The molecule has 2 aromatic rings. The summed E-state index contributed by atoms with van der Waals surface area (Å²) in [6.07, 6.45) is 6.09. The number of aromatic carboxylic acids is 1. The predicted octanol–water partition coefficient (Wildman–Crippen LogP) is 0.618. The zero-order valence-corrected chi connectivity index (χ0v) is 7.12. The normalized spacial score (nSPS) is 10.3. The Hall–Kier alpha value is -2.11. The number of hydrogen-bond donors (Lipinski definition) is 1. The largest absolute Gasteiger partial charge is 0.478 e. The van der Waals surface area contributed by atoms with Crippen molar-refractivity contribution in [1.29, 1.82) is 0 Å². The number of carbonyl (C=O) groups is 1. The maximum absolute atomic E-state index is 10.7. The molecule has 2 aromatic heterocycles.